The molecule has 3 aliphatic rings. The lowest BCUT2D eigenvalue weighted by Gasteiger charge is -2.08. The Hall–Kier alpha value is -0.410. The molecule has 0 bridgehead atoms. The molecular formula is C10H14O3. The van der Waals surface area contributed by atoms with E-state index in [0.717, 1.165) is 6.42 Å². The Morgan fingerprint density at radius 2 is 2.38 bits per heavy atom. The van der Waals surface area contributed by atoms with Gasteiger partial charge in [-0.1, -0.05) is 0 Å². The Bertz CT molecular complexity index is 275. The summed E-state index contributed by atoms with van der Waals surface area (Å²) in [6.45, 7) is 2.07. The van der Waals surface area contributed by atoms with E-state index in [1.165, 1.54) is 0 Å². The Labute approximate surface area is 77.1 Å². The lowest BCUT2D eigenvalue weighted by molar-refractivity contribution is -0.124. The number of hydrogen-bond acceptors (Lipinski definition) is 3. The van der Waals surface area contributed by atoms with Crippen LogP contribution in [-0.2, 0) is 9.53 Å². The minimum atomic E-state index is -0.366. The molecule has 3 heteroatoms. The number of ketones is 1. The van der Waals surface area contributed by atoms with E-state index in [4.69, 9.17) is 4.74 Å². The second-order valence-corrected chi connectivity index (χ2v) is 4.60. The molecule has 3 rings (SSSR count). The Morgan fingerprint density at radius 1 is 1.69 bits per heavy atom. The molecule has 0 radical (unpaired) electrons. The average molecular weight is 182 g/mol. The first-order chi connectivity index (χ1) is 6.21. The van der Waals surface area contributed by atoms with Gasteiger partial charge in [0.2, 0.25) is 0 Å². The summed E-state index contributed by atoms with van der Waals surface area (Å²) in [5.74, 6) is 1.04. The predicted molar refractivity (Wildman–Crippen MR) is 45.1 cm³/mol. The van der Waals surface area contributed by atoms with Crippen LogP contribution in [0.25, 0.3) is 0 Å². The topological polar surface area (TPSA) is 49.8 Å². The van der Waals surface area contributed by atoms with Crippen molar-refractivity contribution in [1.82, 2.24) is 0 Å². The average Bonchev–Trinajstić information content (AvgIpc) is 2.94. The molecule has 1 N–H and O–H groups in total. The summed E-state index contributed by atoms with van der Waals surface area (Å²) in [5, 5.41) is 9.29. The Morgan fingerprint density at radius 3 is 2.85 bits per heavy atom. The monoisotopic (exact) mass is 182 g/mol. The maximum absolute atomic E-state index is 11.6. The van der Waals surface area contributed by atoms with Crippen molar-refractivity contribution in [2.45, 2.75) is 32.0 Å². The quantitative estimate of drug-likeness (QED) is 0.627. The molecule has 2 saturated carbocycles. The first kappa shape index (κ1) is 7.94. The number of ether oxygens (including phenoxy) is 1. The summed E-state index contributed by atoms with van der Waals surface area (Å²) in [4.78, 5) is 11.6. The Kier molecular flexibility index (Phi) is 1.31. The zero-order valence-electron chi connectivity index (χ0n) is 7.69. The molecule has 5 atom stereocenters. The van der Waals surface area contributed by atoms with Gasteiger partial charge in [-0.05, 0) is 19.3 Å². The highest BCUT2D eigenvalue weighted by Gasteiger charge is 2.76. The molecule has 0 aromatic carbocycles. The molecule has 1 saturated heterocycles. The number of aliphatic hydroxyl groups excluding tert-OH is 1. The third kappa shape index (κ3) is 0.754. The summed E-state index contributed by atoms with van der Waals surface area (Å²) in [7, 11) is 0. The van der Waals surface area contributed by atoms with Gasteiger partial charge in [0.15, 0.2) is 0 Å². The van der Waals surface area contributed by atoms with E-state index in [9.17, 15) is 9.90 Å². The lowest BCUT2D eigenvalue weighted by Crippen LogP contribution is -2.22. The van der Waals surface area contributed by atoms with Gasteiger partial charge in [0, 0.05) is 12.3 Å². The van der Waals surface area contributed by atoms with Crippen molar-refractivity contribution in [3.8, 4) is 0 Å². The van der Waals surface area contributed by atoms with Crippen LogP contribution in [0.4, 0.5) is 0 Å². The standard InChI is InChI=1S/C10H14O3/c1-5-9(13-5)8-6-2-3-7(12)10(6,8)4-11/h5-6,8-9,11H,2-4H2,1H3/t5-,6-,8+,9+,10+/m0/s1. The SMILES string of the molecule is C[C@@H]1O[C@H]1[C@H]1[C@@H]2CCC(=O)[C@]12CO. The van der Waals surface area contributed by atoms with Crippen LogP contribution in [-0.4, -0.2) is 29.7 Å². The molecule has 2 aliphatic carbocycles. The van der Waals surface area contributed by atoms with Gasteiger partial charge in [-0.3, -0.25) is 4.79 Å². The molecule has 13 heavy (non-hydrogen) atoms. The van der Waals surface area contributed by atoms with Crippen LogP contribution in [0.3, 0.4) is 0 Å². The van der Waals surface area contributed by atoms with Gasteiger partial charge in [-0.25, -0.2) is 0 Å². The highest BCUT2D eigenvalue weighted by atomic mass is 16.6. The third-order valence-electron chi connectivity index (χ3n) is 4.16. The molecule has 0 amide bonds. The number of fused-ring (bicyclic) bond motifs is 1. The van der Waals surface area contributed by atoms with Crippen LogP contribution in [0.1, 0.15) is 19.8 Å². The zero-order valence-corrected chi connectivity index (χ0v) is 7.69. The van der Waals surface area contributed by atoms with Gasteiger partial charge in [0.1, 0.15) is 5.78 Å². The molecule has 1 aliphatic heterocycles. The van der Waals surface area contributed by atoms with Crippen LogP contribution < -0.4 is 0 Å². The van der Waals surface area contributed by atoms with Crippen molar-refractivity contribution in [2.24, 2.45) is 17.3 Å². The fourth-order valence-corrected chi connectivity index (χ4v) is 3.31. The van der Waals surface area contributed by atoms with Crippen molar-refractivity contribution in [1.29, 1.82) is 0 Å². The van der Waals surface area contributed by atoms with Crippen molar-refractivity contribution >= 4 is 5.78 Å². The van der Waals surface area contributed by atoms with Crippen LogP contribution in [0, 0.1) is 17.3 Å². The van der Waals surface area contributed by atoms with Gasteiger partial charge < -0.3 is 9.84 Å². The minimum Gasteiger partial charge on any atom is -0.395 e. The van der Waals surface area contributed by atoms with Crippen molar-refractivity contribution in [2.75, 3.05) is 6.61 Å². The number of Topliss-reactive ketones (excluding diaryl/α,β-unsaturated/α-hetero) is 1. The normalized spacial score (nSPS) is 57.8. The van der Waals surface area contributed by atoms with E-state index in [0.29, 0.717) is 24.4 Å². The fourth-order valence-electron chi connectivity index (χ4n) is 3.31. The summed E-state index contributed by atoms with van der Waals surface area (Å²) in [6, 6.07) is 0. The number of carbonyl (C=O) groups excluding carboxylic acids is 1. The van der Waals surface area contributed by atoms with E-state index in [1.54, 1.807) is 0 Å². The van der Waals surface area contributed by atoms with Crippen LogP contribution in [0.5, 0.6) is 0 Å². The van der Waals surface area contributed by atoms with Gasteiger partial charge in [-0.2, -0.15) is 0 Å². The molecule has 3 fully saturated rings. The van der Waals surface area contributed by atoms with Gasteiger partial charge in [-0.15, -0.1) is 0 Å². The zero-order chi connectivity index (χ0) is 9.22. The first-order valence-electron chi connectivity index (χ1n) is 5.01. The molecule has 0 aromatic heterocycles. The van der Waals surface area contributed by atoms with Crippen molar-refractivity contribution < 1.29 is 14.6 Å². The Balaban J connectivity index is 1.84. The smallest absolute Gasteiger partial charge is 0.142 e. The van der Waals surface area contributed by atoms with Crippen molar-refractivity contribution in [3.63, 3.8) is 0 Å². The highest BCUT2D eigenvalue weighted by Crippen LogP contribution is 2.70. The van der Waals surface area contributed by atoms with Gasteiger partial charge in [0.05, 0.1) is 24.2 Å². The van der Waals surface area contributed by atoms with Gasteiger partial charge >= 0.3 is 0 Å². The maximum Gasteiger partial charge on any atom is 0.142 e. The molecule has 3 nitrogen and oxygen atoms in total. The highest BCUT2D eigenvalue weighted by molar-refractivity contribution is 5.92. The number of aliphatic hydroxyl groups is 1. The number of carbonyl (C=O) groups is 1. The van der Waals surface area contributed by atoms with E-state index >= 15 is 0 Å². The van der Waals surface area contributed by atoms with Crippen molar-refractivity contribution in [3.05, 3.63) is 0 Å². The molecule has 0 spiro atoms. The largest absolute Gasteiger partial charge is 0.395 e. The van der Waals surface area contributed by atoms with E-state index in [-0.39, 0.29) is 23.9 Å². The molecule has 0 unspecified atom stereocenters. The maximum atomic E-state index is 11.6. The summed E-state index contributed by atoms with van der Waals surface area (Å²) < 4.78 is 5.39. The summed E-state index contributed by atoms with van der Waals surface area (Å²) in [6.07, 6.45) is 2.22. The minimum absolute atomic E-state index is 0.0355. The number of hydrogen-bond donors (Lipinski definition) is 1. The second-order valence-electron chi connectivity index (χ2n) is 4.60. The van der Waals surface area contributed by atoms with E-state index in [2.05, 4.69) is 0 Å². The molecule has 72 valence electrons. The third-order valence-corrected chi connectivity index (χ3v) is 4.16. The first-order valence-corrected chi connectivity index (χ1v) is 5.01. The lowest BCUT2D eigenvalue weighted by atomic mass is 9.97. The van der Waals surface area contributed by atoms with Crippen LogP contribution in [0.2, 0.25) is 0 Å². The molecule has 1 heterocycles. The molecule has 0 aromatic rings. The predicted octanol–water partition coefficient (Wildman–Crippen LogP) is 0.361. The number of epoxide rings is 1. The number of rotatable bonds is 2. The van der Waals surface area contributed by atoms with Crippen LogP contribution >= 0.6 is 0 Å². The fraction of sp³-hybridized carbons (Fsp3) is 0.900. The molecular weight excluding hydrogens is 168 g/mol. The van der Waals surface area contributed by atoms with E-state index in [1.807, 2.05) is 6.92 Å². The second kappa shape index (κ2) is 2.15. The summed E-state index contributed by atoms with van der Waals surface area (Å²) >= 11 is 0. The van der Waals surface area contributed by atoms with E-state index < -0.39 is 0 Å². The summed E-state index contributed by atoms with van der Waals surface area (Å²) in [5.41, 5.74) is -0.366. The van der Waals surface area contributed by atoms with Crippen LogP contribution in [0.15, 0.2) is 0 Å². The van der Waals surface area contributed by atoms with Gasteiger partial charge in [0.25, 0.3) is 0 Å².